The Labute approximate surface area is 170 Å². The minimum Gasteiger partial charge on any atom is -0.383 e. The standard InChI is InChI=1S/C19H22N4O2.2ClH/c1-25-12-16(20)19(24)21-10-14-5-4-6-15(9-14)11-23-13-22-17-7-2-3-8-18(17)23;;/h2-9,13,16H,10-12,20H2,1H3,(H,21,24);2*1H. The van der Waals surface area contributed by atoms with E-state index in [1.165, 1.54) is 7.11 Å². The maximum absolute atomic E-state index is 11.9. The van der Waals surface area contributed by atoms with Gasteiger partial charge in [-0.2, -0.15) is 0 Å². The highest BCUT2D eigenvalue weighted by molar-refractivity contribution is 5.85. The van der Waals surface area contributed by atoms with Crippen molar-refractivity contribution in [2.24, 2.45) is 5.73 Å². The summed E-state index contributed by atoms with van der Waals surface area (Å²) in [5, 5.41) is 2.84. The van der Waals surface area contributed by atoms with Crippen LogP contribution >= 0.6 is 24.8 Å². The van der Waals surface area contributed by atoms with Gasteiger partial charge in [0, 0.05) is 20.2 Å². The zero-order valence-corrected chi connectivity index (χ0v) is 16.6. The summed E-state index contributed by atoms with van der Waals surface area (Å²) in [5.41, 5.74) is 9.98. The number of hydrogen-bond donors (Lipinski definition) is 2. The number of carbonyl (C=O) groups excluding carboxylic acids is 1. The lowest BCUT2D eigenvalue weighted by atomic mass is 10.1. The van der Waals surface area contributed by atoms with Crippen LogP contribution in [-0.2, 0) is 22.6 Å². The molecule has 0 radical (unpaired) electrons. The van der Waals surface area contributed by atoms with Crippen LogP contribution in [0.3, 0.4) is 0 Å². The molecule has 146 valence electrons. The molecule has 8 heteroatoms. The van der Waals surface area contributed by atoms with E-state index in [0.717, 1.165) is 28.7 Å². The molecule has 1 atom stereocenters. The number of nitrogens with one attached hydrogen (secondary N) is 1. The third kappa shape index (κ3) is 5.94. The van der Waals surface area contributed by atoms with Gasteiger partial charge in [-0.3, -0.25) is 4.79 Å². The van der Waals surface area contributed by atoms with Crippen molar-refractivity contribution in [1.82, 2.24) is 14.9 Å². The Kier molecular flexibility index (Phi) is 9.25. The number of imidazole rings is 1. The second-order valence-corrected chi connectivity index (χ2v) is 5.96. The summed E-state index contributed by atoms with van der Waals surface area (Å²) in [5.74, 6) is -0.215. The molecule has 1 aromatic heterocycles. The van der Waals surface area contributed by atoms with E-state index in [0.29, 0.717) is 6.54 Å². The molecule has 3 rings (SSSR count). The molecule has 27 heavy (non-hydrogen) atoms. The zero-order valence-electron chi connectivity index (χ0n) is 15.0. The number of aromatic nitrogens is 2. The summed E-state index contributed by atoms with van der Waals surface area (Å²) in [6.07, 6.45) is 1.85. The van der Waals surface area contributed by atoms with Crippen LogP contribution in [0.25, 0.3) is 11.0 Å². The molecular weight excluding hydrogens is 387 g/mol. The number of carbonyl (C=O) groups is 1. The Bertz CT molecular complexity index is 870. The average Bonchev–Trinajstić information content (AvgIpc) is 3.03. The number of methoxy groups -OCH3 is 1. The van der Waals surface area contributed by atoms with Gasteiger partial charge in [-0.1, -0.05) is 36.4 Å². The Morgan fingerprint density at radius 3 is 2.70 bits per heavy atom. The molecule has 0 bridgehead atoms. The largest absolute Gasteiger partial charge is 0.383 e. The summed E-state index contributed by atoms with van der Waals surface area (Å²) < 4.78 is 7.01. The number of hydrogen-bond acceptors (Lipinski definition) is 4. The lowest BCUT2D eigenvalue weighted by Gasteiger charge is -2.12. The van der Waals surface area contributed by atoms with Gasteiger partial charge in [0.15, 0.2) is 0 Å². The highest BCUT2D eigenvalue weighted by Gasteiger charge is 2.12. The number of halogens is 2. The summed E-state index contributed by atoms with van der Waals surface area (Å²) >= 11 is 0. The van der Waals surface area contributed by atoms with E-state index < -0.39 is 6.04 Å². The van der Waals surface area contributed by atoms with Crippen LogP contribution in [0.15, 0.2) is 54.9 Å². The summed E-state index contributed by atoms with van der Waals surface area (Å²) in [6.45, 7) is 1.37. The van der Waals surface area contributed by atoms with Crippen molar-refractivity contribution in [2.45, 2.75) is 19.1 Å². The monoisotopic (exact) mass is 410 g/mol. The number of ether oxygens (including phenoxy) is 1. The summed E-state index contributed by atoms with van der Waals surface area (Å²) in [4.78, 5) is 16.3. The average molecular weight is 411 g/mol. The van der Waals surface area contributed by atoms with Crippen LogP contribution < -0.4 is 11.1 Å². The van der Waals surface area contributed by atoms with Crippen molar-refractivity contribution >= 4 is 41.8 Å². The van der Waals surface area contributed by atoms with Crippen molar-refractivity contribution in [3.05, 3.63) is 66.0 Å². The third-order valence-electron chi connectivity index (χ3n) is 4.02. The quantitative estimate of drug-likeness (QED) is 0.626. The minimum atomic E-state index is -0.648. The van der Waals surface area contributed by atoms with Crippen LogP contribution in [0.5, 0.6) is 0 Å². The van der Waals surface area contributed by atoms with Crippen molar-refractivity contribution < 1.29 is 9.53 Å². The normalized spacial score (nSPS) is 11.3. The Balaban J connectivity index is 0.00000182. The van der Waals surface area contributed by atoms with Gasteiger partial charge in [0.1, 0.15) is 6.04 Å². The molecule has 1 unspecified atom stereocenters. The maximum atomic E-state index is 11.9. The minimum absolute atomic E-state index is 0. The van der Waals surface area contributed by atoms with Gasteiger partial charge in [-0.25, -0.2) is 4.98 Å². The molecule has 0 aliphatic heterocycles. The fraction of sp³-hybridized carbons (Fsp3) is 0.263. The summed E-state index contributed by atoms with van der Waals surface area (Å²) in [7, 11) is 1.52. The first kappa shape index (κ1) is 22.9. The van der Waals surface area contributed by atoms with Crippen molar-refractivity contribution in [3.63, 3.8) is 0 Å². The molecule has 0 aliphatic rings. The van der Waals surface area contributed by atoms with Gasteiger partial charge in [-0.05, 0) is 23.3 Å². The van der Waals surface area contributed by atoms with Crippen LogP contribution in [0.4, 0.5) is 0 Å². The van der Waals surface area contributed by atoms with E-state index >= 15 is 0 Å². The molecule has 2 aromatic carbocycles. The van der Waals surface area contributed by atoms with Crippen molar-refractivity contribution in [1.29, 1.82) is 0 Å². The van der Waals surface area contributed by atoms with Crippen LogP contribution in [0.1, 0.15) is 11.1 Å². The highest BCUT2D eigenvalue weighted by Crippen LogP contribution is 2.15. The zero-order chi connectivity index (χ0) is 17.6. The SMILES string of the molecule is COCC(N)C(=O)NCc1cccc(Cn2cnc3ccccc32)c1.Cl.Cl. The second kappa shape index (κ2) is 10.9. The van der Waals surface area contributed by atoms with Crippen LogP contribution in [0, 0.1) is 0 Å². The Hall–Kier alpha value is -2.12. The molecule has 0 saturated carbocycles. The molecule has 3 aromatic rings. The second-order valence-electron chi connectivity index (χ2n) is 5.96. The van der Waals surface area contributed by atoms with E-state index in [1.54, 1.807) is 0 Å². The predicted molar refractivity (Wildman–Crippen MR) is 111 cm³/mol. The lowest BCUT2D eigenvalue weighted by molar-refractivity contribution is -0.123. The summed E-state index contributed by atoms with van der Waals surface area (Å²) in [6, 6.07) is 15.5. The van der Waals surface area contributed by atoms with Crippen molar-refractivity contribution in [2.75, 3.05) is 13.7 Å². The first-order valence-electron chi connectivity index (χ1n) is 8.17. The van der Waals surface area contributed by atoms with Crippen molar-refractivity contribution in [3.8, 4) is 0 Å². The van der Waals surface area contributed by atoms with Gasteiger partial charge < -0.3 is 20.4 Å². The third-order valence-corrected chi connectivity index (χ3v) is 4.02. The van der Waals surface area contributed by atoms with Gasteiger partial charge in [0.05, 0.1) is 24.0 Å². The number of para-hydroxylation sites is 2. The molecule has 3 N–H and O–H groups in total. The maximum Gasteiger partial charge on any atom is 0.239 e. The molecule has 0 fully saturated rings. The van der Waals surface area contributed by atoms with Gasteiger partial charge in [0.25, 0.3) is 0 Å². The van der Waals surface area contributed by atoms with Gasteiger partial charge >= 0.3 is 0 Å². The fourth-order valence-corrected chi connectivity index (χ4v) is 2.75. The van der Waals surface area contributed by atoms with Gasteiger partial charge in [0.2, 0.25) is 5.91 Å². The van der Waals surface area contributed by atoms with E-state index in [4.69, 9.17) is 10.5 Å². The molecule has 0 spiro atoms. The van der Waals surface area contributed by atoms with Crippen LogP contribution in [0.2, 0.25) is 0 Å². The highest BCUT2D eigenvalue weighted by atomic mass is 35.5. The number of nitrogens with zero attached hydrogens (tertiary/aromatic N) is 2. The predicted octanol–water partition coefficient (Wildman–Crippen LogP) is 2.52. The number of nitrogens with two attached hydrogens (primary N) is 1. The first-order valence-corrected chi connectivity index (χ1v) is 8.17. The van der Waals surface area contributed by atoms with E-state index in [2.05, 4.69) is 33.1 Å². The molecule has 6 nitrogen and oxygen atoms in total. The fourth-order valence-electron chi connectivity index (χ4n) is 2.75. The van der Waals surface area contributed by atoms with Gasteiger partial charge in [-0.15, -0.1) is 24.8 Å². The molecule has 1 amide bonds. The topological polar surface area (TPSA) is 82.2 Å². The van der Waals surface area contributed by atoms with E-state index in [9.17, 15) is 4.79 Å². The Morgan fingerprint density at radius 2 is 1.93 bits per heavy atom. The molecule has 0 aliphatic carbocycles. The first-order chi connectivity index (χ1) is 12.2. The number of amides is 1. The number of rotatable bonds is 7. The van der Waals surface area contributed by atoms with E-state index in [1.807, 2.05) is 36.7 Å². The lowest BCUT2D eigenvalue weighted by Crippen LogP contribution is -2.43. The molecular formula is C19H24Cl2N4O2. The van der Waals surface area contributed by atoms with Crippen LogP contribution in [-0.4, -0.2) is 35.2 Å². The number of benzene rings is 2. The van der Waals surface area contributed by atoms with E-state index in [-0.39, 0.29) is 37.3 Å². The molecule has 0 saturated heterocycles. The molecule has 1 heterocycles. The Morgan fingerprint density at radius 1 is 1.19 bits per heavy atom. The smallest absolute Gasteiger partial charge is 0.239 e. The number of fused-ring (bicyclic) bond motifs is 1.